The predicted molar refractivity (Wildman–Crippen MR) is 72.2 cm³/mol. The third-order valence-corrected chi connectivity index (χ3v) is 3.14. The van der Waals surface area contributed by atoms with E-state index >= 15 is 0 Å². The molecule has 1 N–H and O–H groups in total. The molecule has 1 amide bonds. The highest BCUT2D eigenvalue weighted by Crippen LogP contribution is 2.16. The Morgan fingerprint density at radius 3 is 2.75 bits per heavy atom. The highest BCUT2D eigenvalue weighted by Gasteiger charge is 2.17. The summed E-state index contributed by atoms with van der Waals surface area (Å²) in [7, 11) is 0. The van der Waals surface area contributed by atoms with Crippen LogP contribution in [-0.2, 0) is 16.1 Å². The smallest absolute Gasteiger partial charge is 0.273 e. The third kappa shape index (κ3) is 3.75. The molecule has 0 spiro atoms. The van der Waals surface area contributed by atoms with Gasteiger partial charge < -0.3 is 15.0 Å². The Balaban J connectivity index is 1.83. The molecule has 1 aliphatic heterocycles. The van der Waals surface area contributed by atoms with Crippen molar-refractivity contribution in [1.82, 2.24) is 10.2 Å². The van der Waals surface area contributed by atoms with Crippen LogP contribution >= 0.6 is 0 Å². The number of nitrogens with zero attached hydrogens (tertiary/aromatic N) is 2. The van der Waals surface area contributed by atoms with E-state index in [9.17, 15) is 14.9 Å². The van der Waals surface area contributed by atoms with Gasteiger partial charge in [-0.2, -0.15) is 0 Å². The number of nitro benzene ring substituents is 1. The minimum Gasteiger partial charge on any atom is -0.378 e. The molecule has 1 aromatic carbocycles. The van der Waals surface area contributed by atoms with Crippen molar-refractivity contribution in [3.63, 3.8) is 0 Å². The summed E-state index contributed by atoms with van der Waals surface area (Å²) in [5.74, 6) is -0.00751. The fourth-order valence-electron chi connectivity index (χ4n) is 2.07. The number of ether oxygens (including phenoxy) is 1. The van der Waals surface area contributed by atoms with Crippen molar-refractivity contribution in [3.05, 3.63) is 39.9 Å². The molecule has 0 aliphatic carbocycles. The van der Waals surface area contributed by atoms with Crippen LogP contribution in [0.3, 0.4) is 0 Å². The van der Waals surface area contributed by atoms with E-state index in [1.165, 1.54) is 6.07 Å². The molecule has 1 saturated heterocycles. The van der Waals surface area contributed by atoms with Crippen molar-refractivity contribution in [2.45, 2.75) is 6.54 Å². The number of carbonyl (C=O) groups excluding carboxylic acids is 1. The van der Waals surface area contributed by atoms with Gasteiger partial charge in [0.15, 0.2) is 0 Å². The number of morpholine rings is 1. The molecule has 1 heterocycles. The van der Waals surface area contributed by atoms with E-state index in [1.807, 2.05) is 0 Å². The summed E-state index contributed by atoms with van der Waals surface area (Å²) >= 11 is 0. The van der Waals surface area contributed by atoms with E-state index in [1.54, 1.807) is 23.1 Å². The van der Waals surface area contributed by atoms with E-state index < -0.39 is 4.92 Å². The highest BCUT2D eigenvalue weighted by molar-refractivity contribution is 5.78. The van der Waals surface area contributed by atoms with Gasteiger partial charge in [0.25, 0.3) is 5.69 Å². The van der Waals surface area contributed by atoms with Crippen molar-refractivity contribution in [3.8, 4) is 0 Å². The van der Waals surface area contributed by atoms with Crippen LogP contribution in [0, 0.1) is 10.1 Å². The Labute approximate surface area is 116 Å². The molecular formula is C13H17N3O4. The Kier molecular flexibility index (Phi) is 5.03. The van der Waals surface area contributed by atoms with E-state index in [-0.39, 0.29) is 18.1 Å². The van der Waals surface area contributed by atoms with E-state index in [4.69, 9.17) is 4.74 Å². The summed E-state index contributed by atoms with van der Waals surface area (Å²) < 4.78 is 5.18. The molecule has 0 radical (unpaired) electrons. The number of carbonyl (C=O) groups is 1. The molecule has 1 aromatic rings. The zero-order valence-electron chi connectivity index (χ0n) is 11.1. The standard InChI is InChI=1S/C13H17N3O4/c17-13(15-5-7-20-8-6-15)10-14-9-11-3-1-2-4-12(11)16(18)19/h1-4,14H,5-10H2. The first-order valence-corrected chi connectivity index (χ1v) is 6.47. The number of rotatable bonds is 5. The first-order valence-electron chi connectivity index (χ1n) is 6.47. The molecule has 0 bridgehead atoms. The van der Waals surface area contributed by atoms with Crippen LogP contribution in [0.2, 0.25) is 0 Å². The number of nitrogens with one attached hydrogen (secondary N) is 1. The van der Waals surface area contributed by atoms with Gasteiger partial charge in [0, 0.05) is 31.3 Å². The maximum Gasteiger partial charge on any atom is 0.273 e. The highest BCUT2D eigenvalue weighted by atomic mass is 16.6. The molecule has 7 nitrogen and oxygen atoms in total. The Morgan fingerprint density at radius 2 is 2.05 bits per heavy atom. The molecule has 7 heteroatoms. The molecule has 0 atom stereocenters. The monoisotopic (exact) mass is 279 g/mol. The quantitative estimate of drug-likeness (QED) is 0.628. The lowest BCUT2D eigenvalue weighted by Gasteiger charge is -2.26. The van der Waals surface area contributed by atoms with Gasteiger partial charge in [-0.25, -0.2) is 0 Å². The topological polar surface area (TPSA) is 84.7 Å². The molecule has 20 heavy (non-hydrogen) atoms. The number of amides is 1. The summed E-state index contributed by atoms with van der Waals surface area (Å²) in [6.07, 6.45) is 0. The van der Waals surface area contributed by atoms with Crippen LogP contribution in [-0.4, -0.2) is 48.6 Å². The predicted octanol–water partition coefficient (Wildman–Crippen LogP) is 0.543. The Bertz CT molecular complexity index is 486. The number of benzene rings is 1. The SMILES string of the molecule is O=C(CNCc1ccccc1[N+](=O)[O-])N1CCOCC1. The Hall–Kier alpha value is -1.99. The fraction of sp³-hybridized carbons (Fsp3) is 0.462. The summed E-state index contributed by atoms with van der Waals surface area (Å²) in [6.45, 7) is 2.81. The van der Waals surface area contributed by atoms with Gasteiger partial charge in [0.1, 0.15) is 0 Å². The fourth-order valence-corrected chi connectivity index (χ4v) is 2.07. The second-order valence-electron chi connectivity index (χ2n) is 4.48. The van der Waals surface area contributed by atoms with Crippen LogP contribution in [0.4, 0.5) is 5.69 Å². The maximum absolute atomic E-state index is 11.9. The average molecular weight is 279 g/mol. The summed E-state index contributed by atoms with van der Waals surface area (Å²) in [5, 5.41) is 13.8. The van der Waals surface area contributed by atoms with Crippen molar-refractivity contribution >= 4 is 11.6 Å². The van der Waals surface area contributed by atoms with Gasteiger partial charge in [-0.1, -0.05) is 18.2 Å². The number of hydrogen-bond acceptors (Lipinski definition) is 5. The van der Waals surface area contributed by atoms with Crippen molar-refractivity contribution < 1.29 is 14.5 Å². The summed E-state index contributed by atoms with van der Waals surface area (Å²) in [6, 6.07) is 6.51. The summed E-state index contributed by atoms with van der Waals surface area (Å²) in [4.78, 5) is 24.1. The van der Waals surface area contributed by atoms with E-state index in [2.05, 4.69) is 5.32 Å². The lowest BCUT2D eigenvalue weighted by Crippen LogP contribution is -2.44. The molecule has 0 unspecified atom stereocenters. The number of nitro groups is 1. The average Bonchev–Trinajstić information content (AvgIpc) is 2.48. The van der Waals surface area contributed by atoms with Gasteiger partial charge in [0.2, 0.25) is 5.91 Å². The molecule has 1 aliphatic rings. The second-order valence-corrected chi connectivity index (χ2v) is 4.48. The molecular weight excluding hydrogens is 262 g/mol. The van der Waals surface area contributed by atoms with Gasteiger partial charge >= 0.3 is 0 Å². The van der Waals surface area contributed by atoms with Crippen LogP contribution in [0.15, 0.2) is 24.3 Å². The molecule has 108 valence electrons. The van der Waals surface area contributed by atoms with Crippen molar-refractivity contribution in [1.29, 1.82) is 0 Å². The van der Waals surface area contributed by atoms with Crippen LogP contribution < -0.4 is 5.32 Å². The van der Waals surface area contributed by atoms with Gasteiger partial charge in [-0.05, 0) is 0 Å². The zero-order valence-corrected chi connectivity index (χ0v) is 11.1. The lowest BCUT2D eigenvalue weighted by molar-refractivity contribution is -0.385. The first kappa shape index (κ1) is 14.4. The van der Waals surface area contributed by atoms with Crippen LogP contribution in [0.5, 0.6) is 0 Å². The largest absolute Gasteiger partial charge is 0.378 e. The molecule has 1 fully saturated rings. The first-order chi connectivity index (χ1) is 9.68. The zero-order chi connectivity index (χ0) is 14.4. The molecule has 2 rings (SSSR count). The van der Waals surface area contributed by atoms with E-state index in [0.717, 1.165) is 0 Å². The van der Waals surface area contributed by atoms with Crippen LogP contribution in [0.25, 0.3) is 0 Å². The lowest BCUT2D eigenvalue weighted by atomic mass is 10.2. The minimum absolute atomic E-state index is 0.00751. The van der Waals surface area contributed by atoms with Crippen molar-refractivity contribution in [2.24, 2.45) is 0 Å². The van der Waals surface area contributed by atoms with Gasteiger partial charge in [0.05, 0.1) is 24.7 Å². The number of hydrogen-bond donors (Lipinski definition) is 1. The third-order valence-electron chi connectivity index (χ3n) is 3.14. The summed E-state index contributed by atoms with van der Waals surface area (Å²) in [5.41, 5.74) is 0.645. The molecule has 0 aromatic heterocycles. The molecule has 0 saturated carbocycles. The van der Waals surface area contributed by atoms with Gasteiger partial charge in [-0.15, -0.1) is 0 Å². The van der Waals surface area contributed by atoms with Crippen LogP contribution in [0.1, 0.15) is 5.56 Å². The Morgan fingerprint density at radius 1 is 1.35 bits per heavy atom. The minimum atomic E-state index is -0.416. The number of para-hydroxylation sites is 1. The van der Waals surface area contributed by atoms with Gasteiger partial charge in [-0.3, -0.25) is 14.9 Å². The maximum atomic E-state index is 11.9. The van der Waals surface area contributed by atoms with E-state index in [0.29, 0.717) is 38.4 Å². The van der Waals surface area contributed by atoms with Crippen molar-refractivity contribution in [2.75, 3.05) is 32.8 Å². The second kappa shape index (κ2) is 6.97. The normalized spacial score (nSPS) is 15.1.